The third kappa shape index (κ3) is 3.26. The van der Waals surface area contributed by atoms with E-state index in [-0.39, 0.29) is 0 Å². The summed E-state index contributed by atoms with van der Waals surface area (Å²) in [4.78, 5) is 0. The van der Waals surface area contributed by atoms with E-state index in [0.29, 0.717) is 0 Å². The predicted octanol–water partition coefficient (Wildman–Crippen LogP) is 9.61. The summed E-state index contributed by atoms with van der Waals surface area (Å²) in [6.45, 7) is 2.10. The van der Waals surface area contributed by atoms with Crippen molar-refractivity contribution in [3.63, 3.8) is 0 Å². The van der Waals surface area contributed by atoms with E-state index in [4.69, 9.17) is 4.42 Å². The van der Waals surface area contributed by atoms with Crippen molar-refractivity contribution in [2.75, 3.05) is 5.32 Å². The number of rotatable bonds is 3. The standard InChI is InChI=1S/C33H23NO/c1-21-7-6-12-29-31-28-11-5-4-10-26(28)20-30(33(31)35-32(21)29)34-27-17-15-23(16-18-27)25-14-13-22-8-2-3-9-24(22)19-25/h2-20,34H,1H3. The summed E-state index contributed by atoms with van der Waals surface area (Å²) in [7, 11) is 0. The van der Waals surface area contributed by atoms with Crippen LogP contribution in [0.4, 0.5) is 11.4 Å². The minimum Gasteiger partial charge on any atom is -0.454 e. The molecule has 1 N–H and O–H groups in total. The molecule has 1 heterocycles. The fraction of sp³-hybridized carbons (Fsp3) is 0.0303. The van der Waals surface area contributed by atoms with E-state index in [1.165, 1.54) is 32.7 Å². The molecule has 0 amide bonds. The van der Waals surface area contributed by atoms with Gasteiger partial charge in [-0.05, 0) is 69.4 Å². The number of furan rings is 1. The van der Waals surface area contributed by atoms with Gasteiger partial charge in [-0.3, -0.25) is 0 Å². The highest BCUT2D eigenvalue weighted by Crippen LogP contribution is 2.41. The molecular weight excluding hydrogens is 426 g/mol. The van der Waals surface area contributed by atoms with E-state index in [0.717, 1.165) is 38.9 Å². The fourth-order valence-electron chi connectivity index (χ4n) is 5.15. The van der Waals surface area contributed by atoms with Crippen LogP contribution in [0.15, 0.2) is 120 Å². The molecule has 0 atom stereocenters. The number of para-hydroxylation sites is 1. The number of hydrogen-bond donors (Lipinski definition) is 1. The van der Waals surface area contributed by atoms with Gasteiger partial charge in [-0.25, -0.2) is 0 Å². The smallest absolute Gasteiger partial charge is 0.159 e. The summed E-state index contributed by atoms with van der Waals surface area (Å²) >= 11 is 0. The van der Waals surface area contributed by atoms with Gasteiger partial charge in [0.25, 0.3) is 0 Å². The van der Waals surface area contributed by atoms with Crippen molar-refractivity contribution in [2.24, 2.45) is 0 Å². The first-order valence-corrected chi connectivity index (χ1v) is 11.9. The quantitative estimate of drug-likeness (QED) is 0.290. The molecule has 0 aliphatic rings. The summed E-state index contributed by atoms with van der Waals surface area (Å²) in [6.07, 6.45) is 0. The maximum absolute atomic E-state index is 6.47. The van der Waals surface area contributed by atoms with Crippen molar-refractivity contribution >= 4 is 54.9 Å². The molecule has 0 bridgehead atoms. The predicted molar refractivity (Wildman–Crippen MR) is 149 cm³/mol. The Balaban J connectivity index is 1.32. The summed E-state index contributed by atoms with van der Waals surface area (Å²) in [5.74, 6) is 0. The van der Waals surface area contributed by atoms with Crippen LogP contribution in [-0.2, 0) is 0 Å². The van der Waals surface area contributed by atoms with Crippen molar-refractivity contribution in [1.82, 2.24) is 0 Å². The van der Waals surface area contributed by atoms with Crippen LogP contribution in [0.5, 0.6) is 0 Å². The molecule has 0 aliphatic heterocycles. The van der Waals surface area contributed by atoms with Crippen LogP contribution >= 0.6 is 0 Å². The Labute approximate surface area is 203 Å². The summed E-state index contributed by atoms with van der Waals surface area (Å²) < 4.78 is 6.47. The fourth-order valence-corrected chi connectivity index (χ4v) is 5.15. The molecule has 0 aliphatic carbocycles. The summed E-state index contributed by atoms with van der Waals surface area (Å²) in [5, 5.41) is 10.9. The average Bonchev–Trinajstić information content (AvgIpc) is 3.31. The molecule has 0 spiro atoms. The number of nitrogens with one attached hydrogen (secondary N) is 1. The second kappa shape index (κ2) is 7.75. The molecule has 7 rings (SSSR count). The average molecular weight is 450 g/mol. The van der Waals surface area contributed by atoms with E-state index in [1.807, 2.05) is 0 Å². The van der Waals surface area contributed by atoms with Gasteiger partial charge in [0.1, 0.15) is 5.58 Å². The third-order valence-corrected chi connectivity index (χ3v) is 6.93. The summed E-state index contributed by atoms with van der Waals surface area (Å²) in [5.41, 5.74) is 7.42. The van der Waals surface area contributed by atoms with Gasteiger partial charge in [0.05, 0.1) is 5.69 Å². The largest absolute Gasteiger partial charge is 0.454 e. The molecule has 166 valence electrons. The molecule has 2 heteroatoms. The molecule has 0 fully saturated rings. The topological polar surface area (TPSA) is 25.2 Å². The van der Waals surface area contributed by atoms with Crippen LogP contribution in [0.25, 0.3) is 54.6 Å². The second-order valence-electron chi connectivity index (χ2n) is 9.17. The lowest BCUT2D eigenvalue weighted by atomic mass is 10.0. The first-order chi connectivity index (χ1) is 17.2. The highest BCUT2D eigenvalue weighted by Gasteiger charge is 2.16. The lowest BCUT2D eigenvalue weighted by Gasteiger charge is -2.11. The Morgan fingerprint density at radius 1 is 0.543 bits per heavy atom. The molecule has 1 aromatic heterocycles. The minimum atomic E-state index is 0.895. The van der Waals surface area contributed by atoms with Crippen molar-refractivity contribution in [1.29, 1.82) is 0 Å². The first-order valence-electron chi connectivity index (χ1n) is 11.9. The number of benzene rings is 6. The minimum absolute atomic E-state index is 0.895. The zero-order chi connectivity index (χ0) is 23.4. The van der Waals surface area contributed by atoms with Crippen LogP contribution < -0.4 is 5.32 Å². The van der Waals surface area contributed by atoms with Gasteiger partial charge in [-0.2, -0.15) is 0 Å². The van der Waals surface area contributed by atoms with E-state index in [2.05, 4.69) is 128 Å². The van der Waals surface area contributed by atoms with Gasteiger partial charge >= 0.3 is 0 Å². The zero-order valence-corrected chi connectivity index (χ0v) is 19.4. The van der Waals surface area contributed by atoms with Gasteiger partial charge < -0.3 is 9.73 Å². The molecule has 35 heavy (non-hydrogen) atoms. The number of fused-ring (bicyclic) bond motifs is 6. The van der Waals surface area contributed by atoms with Crippen molar-refractivity contribution in [3.05, 3.63) is 121 Å². The Bertz CT molecular complexity index is 1880. The summed E-state index contributed by atoms with van der Waals surface area (Å²) in [6, 6.07) is 40.8. The van der Waals surface area contributed by atoms with E-state index < -0.39 is 0 Å². The van der Waals surface area contributed by atoms with Crippen molar-refractivity contribution in [3.8, 4) is 11.1 Å². The Morgan fingerprint density at radius 2 is 1.26 bits per heavy atom. The normalized spacial score (nSPS) is 11.6. The Kier molecular flexibility index (Phi) is 4.40. The second-order valence-corrected chi connectivity index (χ2v) is 9.17. The number of hydrogen-bond acceptors (Lipinski definition) is 2. The van der Waals surface area contributed by atoms with Crippen LogP contribution in [0, 0.1) is 6.92 Å². The molecule has 7 aromatic rings. The monoisotopic (exact) mass is 449 g/mol. The van der Waals surface area contributed by atoms with E-state index in [1.54, 1.807) is 0 Å². The van der Waals surface area contributed by atoms with Crippen molar-refractivity contribution < 1.29 is 4.42 Å². The SMILES string of the molecule is Cc1cccc2c1oc1c(Nc3ccc(-c4ccc5ccccc5c4)cc3)cc3ccccc3c12. The molecule has 0 unspecified atom stereocenters. The van der Waals surface area contributed by atoms with E-state index in [9.17, 15) is 0 Å². The lowest BCUT2D eigenvalue weighted by Crippen LogP contribution is -1.91. The first kappa shape index (κ1) is 19.9. The van der Waals surface area contributed by atoms with Crippen molar-refractivity contribution in [2.45, 2.75) is 6.92 Å². The molecule has 0 saturated heterocycles. The molecule has 6 aromatic carbocycles. The molecule has 0 radical (unpaired) electrons. The highest BCUT2D eigenvalue weighted by atomic mass is 16.3. The maximum atomic E-state index is 6.47. The van der Waals surface area contributed by atoms with Crippen LogP contribution in [-0.4, -0.2) is 0 Å². The molecule has 0 saturated carbocycles. The van der Waals surface area contributed by atoms with Crippen LogP contribution in [0.1, 0.15) is 5.56 Å². The number of aryl methyl sites for hydroxylation is 1. The maximum Gasteiger partial charge on any atom is 0.159 e. The van der Waals surface area contributed by atoms with Gasteiger partial charge in [-0.1, -0.05) is 91.0 Å². The van der Waals surface area contributed by atoms with Gasteiger partial charge in [-0.15, -0.1) is 0 Å². The Morgan fingerprint density at radius 3 is 2.11 bits per heavy atom. The zero-order valence-electron chi connectivity index (χ0n) is 19.4. The molecule has 2 nitrogen and oxygen atoms in total. The Hall–Kier alpha value is -4.56. The van der Waals surface area contributed by atoms with Crippen LogP contribution in [0.2, 0.25) is 0 Å². The van der Waals surface area contributed by atoms with Gasteiger partial charge in [0, 0.05) is 16.5 Å². The molecular formula is C33H23NO. The van der Waals surface area contributed by atoms with E-state index >= 15 is 0 Å². The number of anilines is 2. The lowest BCUT2D eigenvalue weighted by molar-refractivity contribution is 0.667. The highest BCUT2D eigenvalue weighted by molar-refractivity contribution is 6.22. The van der Waals surface area contributed by atoms with Gasteiger partial charge in [0.2, 0.25) is 0 Å². The van der Waals surface area contributed by atoms with Gasteiger partial charge in [0.15, 0.2) is 5.58 Å². The van der Waals surface area contributed by atoms with Crippen LogP contribution in [0.3, 0.4) is 0 Å². The third-order valence-electron chi connectivity index (χ3n) is 6.93.